The fraction of sp³-hybridized carbons (Fsp3) is 0.385. The van der Waals surface area contributed by atoms with Gasteiger partial charge in [0, 0.05) is 24.1 Å². The van der Waals surface area contributed by atoms with Crippen LogP contribution in [0.25, 0.3) is 0 Å². The number of methoxy groups -OCH3 is 1. The molecule has 0 aliphatic carbocycles. The third-order valence-corrected chi connectivity index (χ3v) is 3.73. The molecule has 0 radical (unpaired) electrons. The highest BCUT2D eigenvalue weighted by Gasteiger charge is 2.12. The lowest BCUT2D eigenvalue weighted by Gasteiger charge is -2.10. The van der Waals surface area contributed by atoms with Gasteiger partial charge in [-0.25, -0.2) is 8.42 Å². The Morgan fingerprint density at radius 3 is 2.85 bits per heavy atom. The predicted octanol–water partition coefficient (Wildman–Crippen LogP) is 1.46. The summed E-state index contributed by atoms with van der Waals surface area (Å²) in [5, 5.41) is 9.10. The number of aliphatic hydroxyl groups excluding tert-OH is 1. The van der Waals surface area contributed by atoms with Gasteiger partial charge in [-0.15, -0.1) is 0 Å². The molecule has 0 unspecified atom stereocenters. The second-order valence-corrected chi connectivity index (χ2v) is 6.16. The van der Waals surface area contributed by atoms with E-state index in [4.69, 9.17) is 21.4 Å². The van der Waals surface area contributed by atoms with Crippen LogP contribution in [-0.2, 0) is 14.8 Å². The van der Waals surface area contributed by atoms with E-state index in [2.05, 4.69) is 16.6 Å². The molecule has 2 N–H and O–H groups in total. The van der Waals surface area contributed by atoms with Gasteiger partial charge in [0.25, 0.3) is 0 Å². The highest BCUT2D eigenvalue weighted by atomic mass is 35.5. The maximum Gasteiger partial charge on any atom is 0.235 e. The molecule has 0 aromatic heterocycles. The normalized spacial score (nSPS) is 10.8. The van der Waals surface area contributed by atoms with Crippen LogP contribution in [0.4, 0.5) is 5.69 Å². The summed E-state index contributed by atoms with van der Waals surface area (Å²) in [7, 11) is -2.09. The number of benzene rings is 1. The Labute approximate surface area is 124 Å². The van der Waals surface area contributed by atoms with Crippen LogP contribution >= 0.6 is 11.6 Å². The molecule has 20 heavy (non-hydrogen) atoms. The first-order chi connectivity index (χ1) is 9.48. The molecule has 1 aromatic carbocycles. The molecule has 0 aliphatic rings. The van der Waals surface area contributed by atoms with Crippen LogP contribution < -0.4 is 4.72 Å². The van der Waals surface area contributed by atoms with E-state index >= 15 is 0 Å². The van der Waals surface area contributed by atoms with Crippen LogP contribution in [0.1, 0.15) is 12.0 Å². The Morgan fingerprint density at radius 2 is 2.20 bits per heavy atom. The van der Waals surface area contributed by atoms with Gasteiger partial charge in [0.05, 0.1) is 24.7 Å². The zero-order valence-electron chi connectivity index (χ0n) is 11.0. The van der Waals surface area contributed by atoms with Crippen molar-refractivity contribution in [2.45, 2.75) is 6.42 Å². The van der Waals surface area contributed by atoms with Crippen molar-refractivity contribution in [1.29, 1.82) is 0 Å². The topological polar surface area (TPSA) is 75.6 Å². The number of hydrogen-bond donors (Lipinski definition) is 2. The molecular weight excluding hydrogens is 302 g/mol. The molecule has 110 valence electrons. The van der Waals surface area contributed by atoms with Crippen molar-refractivity contribution in [2.24, 2.45) is 0 Å². The lowest BCUT2D eigenvalue weighted by Crippen LogP contribution is -2.20. The first kappa shape index (κ1) is 16.8. The van der Waals surface area contributed by atoms with Gasteiger partial charge in [-0.05, 0) is 18.2 Å². The minimum absolute atomic E-state index is 0.0461. The largest absolute Gasteiger partial charge is 0.395 e. The second-order valence-electron chi connectivity index (χ2n) is 3.88. The summed E-state index contributed by atoms with van der Waals surface area (Å²) in [5.41, 5.74) is 0.822. The van der Waals surface area contributed by atoms with Gasteiger partial charge in [0.2, 0.25) is 10.0 Å². The summed E-state index contributed by atoms with van der Waals surface area (Å²) in [6.07, 6.45) is 0.318. The van der Waals surface area contributed by atoms with Crippen molar-refractivity contribution in [3.05, 3.63) is 28.8 Å². The van der Waals surface area contributed by atoms with E-state index in [1.807, 2.05) is 0 Å². The van der Waals surface area contributed by atoms with Crippen LogP contribution in [0, 0.1) is 11.8 Å². The smallest absolute Gasteiger partial charge is 0.235 e. The minimum atomic E-state index is -3.52. The van der Waals surface area contributed by atoms with Crippen LogP contribution in [-0.4, -0.2) is 39.6 Å². The lowest BCUT2D eigenvalue weighted by atomic mass is 10.2. The van der Waals surface area contributed by atoms with Crippen LogP contribution in [0.15, 0.2) is 18.2 Å². The van der Waals surface area contributed by atoms with Crippen molar-refractivity contribution in [3.63, 3.8) is 0 Å². The first-order valence-electron chi connectivity index (χ1n) is 5.87. The molecule has 0 spiro atoms. The molecule has 0 heterocycles. The summed E-state index contributed by atoms with van der Waals surface area (Å²) in [6.45, 7) is 0.0525. The lowest BCUT2D eigenvalue weighted by molar-refractivity contribution is 0.217. The highest BCUT2D eigenvalue weighted by Crippen LogP contribution is 2.21. The summed E-state index contributed by atoms with van der Waals surface area (Å²) in [5.74, 6) is 5.38. The third-order valence-electron chi connectivity index (χ3n) is 2.26. The minimum Gasteiger partial charge on any atom is -0.395 e. The molecule has 0 aliphatic heterocycles. The number of aliphatic hydroxyl groups is 1. The van der Waals surface area contributed by atoms with Crippen molar-refractivity contribution < 1.29 is 18.3 Å². The fourth-order valence-electron chi connectivity index (χ4n) is 1.34. The molecule has 0 bridgehead atoms. The zero-order chi connectivity index (χ0) is 15.0. The van der Waals surface area contributed by atoms with Crippen LogP contribution in [0.2, 0.25) is 5.02 Å². The Bertz CT molecular complexity index is 605. The average molecular weight is 318 g/mol. The number of anilines is 1. The third kappa shape index (κ3) is 5.80. The van der Waals surface area contributed by atoms with Gasteiger partial charge in [0.1, 0.15) is 0 Å². The van der Waals surface area contributed by atoms with Crippen molar-refractivity contribution >= 4 is 27.3 Å². The maximum atomic E-state index is 11.8. The van der Waals surface area contributed by atoms with Gasteiger partial charge in [-0.3, -0.25) is 4.72 Å². The van der Waals surface area contributed by atoms with E-state index in [0.29, 0.717) is 22.7 Å². The van der Waals surface area contributed by atoms with E-state index in [1.165, 1.54) is 13.2 Å². The number of ether oxygens (including phenoxy) is 1. The van der Waals surface area contributed by atoms with E-state index in [9.17, 15) is 8.42 Å². The molecule has 0 saturated heterocycles. The predicted molar refractivity (Wildman–Crippen MR) is 79.3 cm³/mol. The van der Waals surface area contributed by atoms with Gasteiger partial charge < -0.3 is 9.84 Å². The van der Waals surface area contributed by atoms with E-state index in [-0.39, 0.29) is 19.0 Å². The standard InChI is InChI=1S/C13H16ClNO4S/c1-19-8-9-20(17,18)15-13-10-12(14)6-5-11(13)4-2-3-7-16/h5-6,10,15-16H,3,7-9H2,1H3. The monoisotopic (exact) mass is 317 g/mol. The Morgan fingerprint density at radius 1 is 1.45 bits per heavy atom. The number of nitrogens with one attached hydrogen (secondary N) is 1. The molecule has 0 saturated carbocycles. The number of hydrogen-bond acceptors (Lipinski definition) is 4. The van der Waals surface area contributed by atoms with E-state index in [1.54, 1.807) is 12.1 Å². The molecule has 7 heteroatoms. The molecule has 0 amide bonds. The highest BCUT2D eigenvalue weighted by molar-refractivity contribution is 7.92. The molecule has 1 rings (SSSR count). The molecule has 1 aromatic rings. The molecule has 0 atom stereocenters. The van der Waals surface area contributed by atoms with Crippen molar-refractivity contribution in [2.75, 3.05) is 30.8 Å². The summed E-state index contributed by atoms with van der Waals surface area (Å²) in [6, 6.07) is 4.74. The van der Waals surface area contributed by atoms with Crippen LogP contribution in [0.5, 0.6) is 0 Å². The van der Waals surface area contributed by atoms with Crippen molar-refractivity contribution in [1.82, 2.24) is 0 Å². The van der Waals surface area contributed by atoms with Gasteiger partial charge in [-0.2, -0.15) is 0 Å². The van der Waals surface area contributed by atoms with Crippen molar-refractivity contribution in [3.8, 4) is 11.8 Å². The van der Waals surface area contributed by atoms with E-state index in [0.717, 1.165) is 0 Å². The summed E-state index contributed by atoms with van der Waals surface area (Å²) < 4.78 is 30.8. The van der Waals surface area contributed by atoms with E-state index < -0.39 is 10.0 Å². The molecule has 0 fully saturated rings. The average Bonchev–Trinajstić information content (AvgIpc) is 2.39. The zero-order valence-corrected chi connectivity index (χ0v) is 12.6. The first-order valence-corrected chi connectivity index (χ1v) is 7.90. The Kier molecular flexibility index (Phi) is 6.82. The molecule has 5 nitrogen and oxygen atoms in total. The van der Waals surface area contributed by atoms with Gasteiger partial charge in [0.15, 0.2) is 0 Å². The number of sulfonamides is 1. The molecular formula is C13H16ClNO4S. The summed E-state index contributed by atoms with van der Waals surface area (Å²) >= 11 is 5.86. The Hall–Kier alpha value is -1.26. The maximum absolute atomic E-state index is 11.8. The van der Waals surface area contributed by atoms with Gasteiger partial charge >= 0.3 is 0 Å². The van der Waals surface area contributed by atoms with Gasteiger partial charge in [-0.1, -0.05) is 23.4 Å². The SMILES string of the molecule is COCCS(=O)(=O)Nc1cc(Cl)ccc1C#CCCO. The number of halogens is 1. The van der Waals surface area contributed by atoms with Crippen LogP contribution in [0.3, 0.4) is 0 Å². The second kappa shape index (κ2) is 8.12. The quantitative estimate of drug-likeness (QED) is 0.779. The number of rotatable bonds is 6. The summed E-state index contributed by atoms with van der Waals surface area (Å²) in [4.78, 5) is 0. The fourth-order valence-corrected chi connectivity index (χ4v) is 2.50. The Balaban J connectivity index is 2.99.